The summed E-state index contributed by atoms with van der Waals surface area (Å²) in [7, 11) is 0. The van der Waals surface area contributed by atoms with Gasteiger partial charge in [-0.1, -0.05) is 0 Å². The second-order valence-electron chi connectivity index (χ2n) is 10.1. The third-order valence-corrected chi connectivity index (χ3v) is 5.72. The fourth-order valence-corrected chi connectivity index (χ4v) is 4.58. The summed E-state index contributed by atoms with van der Waals surface area (Å²) in [4.78, 5) is 36.3. The van der Waals surface area contributed by atoms with Crippen molar-refractivity contribution in [1.29, 1.82) is 0 Å². The van der Waals surface area contributed by atoms with Crippen LogP contribution in [0.25, 0.3) is 10.2 Å². The summed E-state index contributed by atoms with van der Waals surface area (Å²) >= 11 is 7.66. The highest BCUT2D eigenvalue weighted by Crippen LogP contribution is 2.35. The SMILES string of the molecule is C[C@@H](Cc1cc2nc(Cl)nc(N(Cc3ccco3)C(=O)OC(C)(C)C)c2s1)NC(=O)OC(C)(C)C. The Morgan fingerprint density at radius 2 is 1.86 bits per heavy atom. The van der Waals surface area contributed by atoms with E-state index in [1.165, 1.54) is 22.5 Å². The van der Waals surface area contributed by atoms with Gasteiger partial charge in [-0.3, -0.25) is 4.90 Å². The van der Waals surface area contributed by atoms with Crippen LogP contribution in [0.1, 0.15) is 59.1 Å². The Balaban J connectivity index is 1.91. The molecule has 0 saturated heterocycles. The van der Waals surface area contributed by atoms with Crippen molar-refractivity contribution in [2.75, 3.05) is 4.90 Å². The highest BCUT2D eigenvalue weighted by molar-refractivity contribution is 7.19. The van der Waals surface area contributed by atoms with Gasteiger partial charge in [-0.25, -0.2) is 14.6 Å². The molecule has 1 N–H and O–H groups in total. The van der Waals surface area contributed by atoms with Crippen LogP contribution in [0.3, 0.4) is 0 Å². The average molecular weight is 523 g/mol. The van der Waals surface area contributed by atoms with E-state index in [-0.39, 0.29) is 17.9 Å². The first-order valence-electron chi connectivity index (χ1n) is 11.2. The van der Waals surface area contributed by atoms with E-state index in [4.69, 9.17) is 25.5 Å². The maximum Gasteiger partial charge on any atom is 0.416 e. The summed E-state index contributed by atoms with van der Waals surface area (Å²) in [5.74, 6) is 0.889. The number of fused-ring (bicyclic) bond motifs is 1. The van der Waals surface area contributed by atoms with Crippen LogP contribution in [0, 0.1) is 0 Å². The summed E-state index contributed by atoms with van der Waals surface area (Å²) < 4.78 is 17.1. The molecule has 0 aromatic carbocycles. The third kappa shape index (κ3) is 7.83. The van der Waals surface area contributed by atoms with Crippen LogP contribution in [0.15, 0.2) is 28.9 Å². The Labute approximate surface area is 213 Å². The number of nitrogens with zero attached hydrogens (tertiary/aromatic N) is 3. The molecule has 0 aliphatic carbocycles. The molecule has 1 atom stereocenters. The number of aromatic nitrogens is 2. The average Bonchev–Trinajstić information content (AvgIpc) is 3.31. The molecule has 2 amide bonds. The Morgan fingerprint density at radius 1 is 1.17 bits per heavy atom. The van der Waals surface area contributed by atoms with Crippen LogP contribution in [-0.2, 0) is 22.4 Å². The maximum atomic E-state index is 13.2. The van der Waals surface area contributed by atoms with E-state index in [0.29, 0.717) is 28.2 Å². The minimum Gasteiger partial charge on any atom is -0.467 e. The van der Waals surface area contributed by atoms with Crippen molar-refractivity contribution < 1.29 is 23.5 Å². The van der Waals surface area contributed by atoms with Gasteiger partial charge >= 0.3 is 12.2 Å². The predicted octanol–water partition coefficient (Wildman–Crippen LogP) is 6.34. The van der Waals surface area contributed by atoms with E-state index in [9.17, 15) is 9.59 Å². The topological polar surface area (TPSA) is 107 Å². The molecule has 0 aliphatic heterocycles. The number of carbonyl (C=O) groups excluding carboxylic acids is 2. The van der Waals surface area contributed by atoms with Gasteiger partial charge in [0.05, 0.1) is 23.0 Å². The second kappa shape index (κ2) is 10.4. The molecule has 3 heterocycles. The monoisotopic (exact) mass is 522 g/mol. The second-order valence-corrected chi connectivity index (χ2v) is 11.6. The zero-order valence-corrected chi connectivity index (χ0v) is 22.5. The molecule has 35 heavy (non-hydrogen) atoms. The Morgan fingerprint density at radius 3 is 2.46 bits per heavy atom. The molecular formula is C24H31ClN4O5S. The number of thiophene rings is 1. The van der Waals surface area contributed by atoms with E-state index < -0.39 is 23.4 Å². The van der Waals surface area contributed by atoms with Gasteiger partial charge in [-0.2, -0.15) is 4.98 Å². The number of ether oxygens (including phenoxy) is 2. The van der Waals surface area contributed by atoms with Gasteiger partial charge in [0.2, 0.25) is 5.28 Å². The van der Waals surface area contributed by atoms with Crippen LogP contribution in [0.2, 0.25) is 5.28 Å². The zero-order valence-electron chi connectivity index (χ0n) is 21.0. The van der Waals surface area contributed by atoms with Crippen molar-refractivity contribution in [3.8, 4) is 0 Å². The first-order chi connectivity index (χ1) is 16.2. The molecular weight excluding hydrogens is 492 g/mol. The number of halogens is 1. The first-order valence-corrected chi connectivity index (χ1v) is 12.4. The quantitative estimate of drug-likeness (QED) is 0.376. The minimum atomic E-state index is -0.711. The summed E-state index contributed by atoms with van der Waals surface area (Å²) in [6.45, 7) is 12.8. The fourth-order valence-electron chi connectivity index (χ4n) is 3.18. The number of hydrogen-bond donors (Lipinski definition) is 1. The van der Waals surface area contributed by atoms with Crippen LogP contribution < -0.4 is 10.2 Å². The third-order valence-electron chi connectivity index (χ3n) is 4.41. The molecule has 3 rings (SSSR count). The molecule has 190 valence electrons. The lowest BCUT2D eigenvalue weighted by Crippen LogP contribution is -2.38. The molecule has 3 aromatic heterocycles. The van der Waals surface area contributed by atoms with Crippen LogP contribution in [-0.4, -0.2) is 39.4 Å². The summed E-state index contributed by atoms with van der Waals surface area (Å²) in [5.41, 5.74) is -0.697. The van der Waals surface area contributed by atoms with Crippen molar-refractivity contribution in [2.45, 2.75) is 78.7 Å². The molecule has 0 unspecified atom stereocenters. The zero-order chi connectivity index (χ0) is 26.0. The molecule has 0 bridgehead atoms. The van der Waals surface area contributed by atoms with Gasteiger partial charge in [0.25, 0.3) is 0 Å². The minimum absolute atomic E-state index is 0.00443. The Bertz CT molecular complexity index is 1180. The largest absolute Gasteiger partial charge is 0.467 e. The molecule has 0 fully saturated rings. The molecule has 0 saturated carbocycles. The molecule has 0 radical (unpaired) electrons. The number of nitrogens with one attached hydrogen (secondary N) is 1. The normalized spacial score (nSPS) is 12.9. The van der Waals surface area contributed by atoms with Gasteiger partial charge in [-0.15, -0.1) is 11.3 Å². The summed E-state index contributed by atoms with van der Waals surface area (Å²) in [5, 5.41) is 2.84. The number of hydrogen-bond acceptors (Lipinski definition) is 8. The van der Waals surface area contributed by atoms with Crippen LogP contribution >= 0.6 is 22.9 Å². The summed E-state index contributed by atoms with van der Waals surface area (Å²) in [6, 6.07) is 5.19. The van der Waals surface area contributed by atoms with Crippen LogP contribution in [0.4, 0.5) is 15.4 Å². The van der Waals surface area contributed by atoms with Crippen molar-refractivity contribution in [3.05, 3.63) is 40.4 Å². The van der Waals surface area contributed by atoms with E-state index in [2.05, 4.69) is 15.3 Å². The van der Waals surface area contributed by atoms with Gasteiger partial charge < -0.3 is 19.2 Å². The Kier molecular flexibility index (Phi) is 7.96. The number of alkyl carbamates (subject to hydrolysis) is 1. The molecule has 9 nitrogen and oxygen atoms in total. The van der Waals surface area contributed by atoms with Crippen LogP contribution in [0.5, 0.6) is 0 Å². The van der Waals surface area contributed by atoms with E-state index in [1.807, 2.05) is 33.8 Å². The van der Waals surface area contributed by atoms with Crippen molar-refractivity contribution in [3.63, 3.8) is 0 Å². The first kappa shape index (κ1) is 26.7. The molecule has 0 spiro atoms. The number of furan rings is 1. The van der Waals surface area contributed by atoms with Gasteiger partial charge in [0, 0.05) is 17.3 Å². The van der Waals surface area contributed by atoms with Gasteiger partial charge in [-0.05, 0) is 78.3 Å². The standard InChI is InChI=1S/C24H31ClN4O5S/c1-14(26-21(30)33-23(2,3)4)11-16-12-17-18(35-16)19(28-20(25)27-17)29(13-15-9-8-10-32-15)22(31)34-24(5,6)7/h8-10,12,14H,11,13H2,1-7H3,(H,26,30)/t14-/m0/s1. The van der Waals surface area contributed by atoms with Gasteiger partial charge in [0.1, 0.15) is 17.0 Å². The fraction of sp³-hybridized carbons (Fsp3) is 0.500. The summed E-state index contributed by atoms with van der Waals surface area (Å²) in [6.07, 6.45) is 0.999. The van der Waals surface area contributed by atoms with E-state index >= 15 is 0 Å². The molecule has 11 heteroatoms. The number of anilines is 1. The lowest BCUT2D eigenvalue weighted by atomic mass is 10.2. The van der Waals surface area contributed by atoms with Crippen molar-refractivity contribution >= 4 is 51.2 Å². The highest BCUT2D eigenvalue weighted by atomic mass is 35.5. The Hall–Kier alpha value is -2.85. The lowest BCUT2D eigenvalue weighted by molar-refractivity contribution is 0.0507. The number of rotatable bonds is 6. The number of carbonyl (C=O) groups is 2. The molecule has 3 aromatic rings. The van der Waals surface area contributed by atoms with Crippen molar-refractivity contribution in [2.24, 2.45) is 0 Å². The lowest BCUT2D eigenvalue weighted by Gasteiger charge is -2.26. The predicted molar refractivity (Wildman–Crippen MR) is 136 cm³/mol. The van der Waals surface area contributed by atoms with E-state index in [0.717, 1.165) is 4.88 Å². The smallest absolute Gasteiger partial charge is 0.416 e. The maximum absolute atomic E-state index is 13.2. The van der Waals surface area contributed by atoms with E-state index in [1.54, 1.807) is 32.9 Å². The van der Waals surface area contributed by atoms with Gasteiger partial charge in [0.15, 0.2) is 5.82 Å². The number of amides is 2. The highest BCUT2D eigenvalue weighted by Gasteiger charge is 2.28. The van der Waals surface area contributed by atoms with Crippen molar-refractivity contribution in [1.82, 2.24) is 15.3 Å². The molecule has 0 aliphatic rings.